The summed E-state index contributed by atoms with van der Waals surface area (Å²) in [6.45, 7) is 7.44. The topological polar surface area (TPSA) is 96.5 Å². The number of hydrogen-bond acceptors (Lipinski definition) is 4. The first kappa shape index (κ1) is 26.0. The van der Waals surface area contributed by atoms with Gasteiger partial charge >= 0.3 is 6.03 Å². The van der Waals surface area contributed by atoms with Crippen LogP contribution in [0.3, 0.4) is 0 Å². The van der Waals surface area contributed by atoms with E-state index in [9.17, 15) is 14.4 Å². The van der Waals surface area contributed by atoms with Gasteiger partial charge in [-0.05, 0) is 48.8 Å². The molecule has 2 aromatic carbocycles. The average molecular weight is 460 g/mol. The van der Waals surface area contributed by atoms with E-state index in [-0.39, 0.29) is 12.5 Å². The van der Waals surface area contributed by atoms with Crippen LogP contribution >= 0.6 is 0 Å². The van der Waals surface area contributed by atoms with Crippen molar-refractivity contribution in [2.75, 3.05) is 13.7 Å². The molecule has 2 aromatic rings. The van der Waals surface area contributed by atoms with E-state index in [1.54, 1.807) is 38.1 Å². The zero-order chi connectivity index (χ0) is 24.9. The molecule has 0 aliphatic rings. The summed E-state index contributed by atoms with van der Waals surface area (Å²) in [5, 5.41) is 7.58. The number of carbonyl (C=O) groups is 3. The number of urea groups is 1. The van der Waals surface area contributed by atoms with Gasteiger partial charge < -0.3 is 15.4 Å². The van der Waals surface area contributed by atoms with Crippen LogP contribution in [-0.4, -0.2) is 31.6 Å². The normalized spacial score (nSPS) is 12.0. The van der Waals surface area contributed by atoms with Crippen molar-refractivity contribution in [3.8, 4) is 11.1 Å². The predicted octanol–water partition coefficient (Wildman–Crippen LogP) is 4.48. The molecule has 3 N–H and O–H groups in total. The van der Waals surface area contributed by atoms with E-state index in [1.165, 1.54) is 19.3 Å². The zero-order valence-corrected chi connectivity index (χ0v) is 19.6. The van der Waals surface area contributed by atoms with Crippen LogP contribution in [0.2, 0.25) is 0 Å². The lowest BCUT2D eigenvalue weighted by molar-refractivity contribution is -0.115. The smallest absolute Gasteiger partial charge is 0.325 e. The number of carbonyl (C=O) groups excluding carboxylic acids is 3. The Morgan fingerprint density at radius 3 is 2.18 bits per heavy atom. The summed E-state index contributed by atoms with van der Waals surface area (Å²) in [5.41, 5.74) is 4.15. The number of allylic oxidation sites excluding steroid dienone is 4. The first-order valence-corrected chi connectivity index (χ1v) is 10.6. The largest absolute Gasteiger partial charge is 0.381 e. The Balaban J connectivity index is 2.07. The van der Waals surface area contributed by atoms with E-state index in [2.05, 4.69) is 22.5 Å². The van der Waals surface area contributed by atoms with Gasteiger partial charge in [-0.25, -0.2) is 4.79 Å². The Morgan fingerprint density at radius 2 is 1.56 bits per heavy atom. The zero-order valence-electron chi connectivity index (χ0n) is 19.6. The van der Waals surface area contributed by atoms with E-state index >= 15 is 0 Å². The van der Waals surface area contributed by atoms with Crippen LogP contribution in [0.15, 0.2) is 102 Å². The van der Waals surface area contributed by atoms with E-state index in [4.69, 9.17) is 4.74 Å². The Bertz CT molecular complexity index is 1110. The molecule has 4 amide bonds. The van der Waals surface area contributed by atoms with E-state index < -0.39 is 11.9 Å². The molecule has 0 spiro atoms. The minimum atomic E-state index is -0.695. The monoisotopic (exact) mass is 459 g/mol. The molecule has 7 nitrogen and oxygen atoms in total. The molecule has 176 valence electrons. The highest BCUT2D eigenvalue weighted by Crippen LogP contribution is 2.19. The Morgan fingerprint density at radius 1 is 0.912 bits per heavy atom. The van der Waals surface area contributed by atoms with Crippen LogP contribution in [0.4, 0.5) is 4.79 Å². The average Bonchev–Trinajstić information content (AvgIpc) is 2.83. The summed E-state index contributed by atoms with van der Waals surface area (Å²) in [5.74, 6) is -0.879. The third kappa shape index (κ3) is 8.37. The Labute approximate surface area is 199 Å². The first-order chi connectivity index (χ1) is 16.3. The van der Waals surface area contributed by atoms with Crippen molar-refractivity contribution in [3.05, 3.63) is 108 Å². The van der Waals surface area contributed by atoms with Crippen molar-refractivity contribution in [2.24, 2.45) is 0 Å². The molecule has 2 rings (SSSR count). The highest BCUT2D eigenvalue weighted by atomic mass is 16.5. The maximum Gasteiger partial charge on any atom is 0.325 e. The van der Waals surface area contributed by atoms with Gasteiger partial charge in [0.05, 0.1) is 6.61 Å². The highest BCUT2D eigenvalue weighted by Gasteiger charge is 2.10. The molecule has 0 aliphatic carbocycles. The van der Waals surface area contributed by atoms with Gasteiger partial charge in [-0.15, -0.1) is 0 Å². The van der Waals surface area contributed by atoms with Gasteiger partial charge in [0, 0.05) is 30.1 Å². The van der Waals surface area contributed by atoms with Crippen molar-refractivity contribution in [1.29, 1.82) is 0 Å². The number of hydrogen-bond donors (Lipinski definition) is 3. The number of benzene rings is 2. The number of imide groups is 1. The van der Waals surface area contributed by atoms with E-state index in [0.717, 1.165) is 11.1 Å². The number of ether oxygens (including phenoxy) is 1. The summed E-state index contributed by atoms with van der Waals surface area (Å²) in [7, 11) is 1.50. The molecule has 0 aromatic heterocycles. The van der Waals surface area contributed by atoms with Crippen LogP contribution in [-0.2, 0) is 9.53 Å². The van der Waals surface area contributed by atoms with Crippen molar-refractivity contribution >= 4 is 17.8 Å². The molecular weight excluding hydrogens is 430 g/mol. The number of methoxy groups -OCH3 is 1. The fraction of sp³-hybridized carbons (Fsp3) is 0.148. The van der Waals surface area contributed by atoms with Crippen molar-refractivity contribution in [2.45, 2.75) is 13.8 Å². The van der Waals surface area contributed by atoms with Gasteiger partial charge in [0.2, 0.25) is 0 Å². The van der Waals surface area contributed by atoms with Gasteiger partial charge in [0.25, 0.3) is 11.8 Å². The van der Waals surface area contributed by atoms with Gasteiger partial charge in [0.15, 0.2) is 0 Å². The van der Waals surface area contributed by atoms with Gasteiger partial charge in [-0.2, -0.15) is 0 Å². The molecule has 0 heterocycles. The summed E-state index contributed by atoms with van der Waals surface area (Å²) in [6.07, 6.45) is 5.89. The third-order valence-corrected chi connectivity index (χ3v) is 4.67. The standard InChI is InChI=1S/C27H29N3O4/c1-5-19(2)24(18-20(3)28-27(33)30-25(31)12-9-17-34-4)29-26(32)23-15-13-22(14-16-23)21-10-7-6-8-11-21/h5-16,18H,1,17H2,2-4H3,(H,29,32)(H2,28,30,31,33)/b12-9+,20-18+,24-19+. The fourth-order valence-corrected chi connectivity index (χ4v) is 2.87. The molecule has 0 bridgehead atoms. The molecule has 0 saturated heterocycles. The number of amides is 4. The van der Waals surface area contributed by atoms with E-state index in [0.29, 0.717) is 22.5 Å². The second-order valence-electron chi connectivity index (χ2n) is 7.33. The summed E-state index contributed by atoms with van der Waals surface area (Å²) in [6, 6.07) is 16.5. The lowest BCUT2D eigenvalue weighted by atomic mass is 10.0. The molecular formula is C27H29N3O4. The third-order valence-electron chi connectivity index (χ3n) is 4.67. The van der Waals surface area contributed by atoms with Gasteiger partial charge in [-0.1, -0.05) is 61.2 Å². The summed E-state index contributed by atoms with van der Waals surface area (Å²) < 4.78 is 4.80. The molecule has 0 radical (unpaired) electrons. The molecule has 0 fully saturated rings. The molecule has 0 saturated carbocycles. The second kappa shape index (κ2) is 13.3. The summed E-state index contributed by atoms with van der Waals surface area (Å²) in [4.78, 5) is 36.6. The van der Waals surface area contributed by atoms with Gasteiger partial charge in [0.1, 0.15) is 0 Å². The van der Waals surface area contributed by atoms with Gasteiger partial charge in [-0.3, -0.25) is 14.9 Å². The number of nitrogens with one attached hydrogen (secondary N) is 3. The fourth-order valence-electron chi connectivity index (χ4n) is 2.87. The van der Waals surface area contributed by atoms with E-state index in [1.807, 2.05) is 42.5 Å². The van der Waals surface area contributed by atoms with Crippen molar-refractivity contribution in [1.82, 2.24) is 16.0 Å². The van der Waals surface area contributed by atoms with Crippen LogP contribution in [0.1, 0.15) is 24.2 Å². The second-order valence-corrected chi connectivity index (χ2v) is 7.33. The minimum Gasteiger partial charge on any atom is -0.381 e. The Hall–Kier alpha value is -4.23. The minimum absolute atomic E-state index is 0.262. The van der Waals surface area contributed by atoms with Crippen LogP contribution in [0, 0.1) is 0 Å². The molecule has 7 heteroatoms. The Kier molecular flexibility index (Phi) is 10.2. The molecule has 0 atom stereocenters. The van der Waals surface area contributed by atoms with Crippen LogP contribution in [0.25, 0.3) is 11.1 Å². The predicted molar refractivity (Wildman–Crippen MR) is 134 cm³/mol. The number of rotatable bonds is 9. The molecule has 0 aliphatic heterocycles. The lowest BCUT2D eigenvalue weighted by Gasteiger charge is -2.12. The maximum absolute atomic E-state index is 12.8. The molecule has 0 unspecified atom stereocenters. The molecule has 34 heavy (non-hydrogen) atoms. The highest BCUT2D eigenvalue weighted by molar-refractivity contribution is 6.00. The summed E-state index contributed by atoms with van der Waals surface area (Å²) >= 11 is 0. The van der Waals surface area contributed by atoms with Crippen LogP contribution in [0.5, 0.6) is 0 Å². The lowest BCUT2D eigenvalue weighted by Crippen LogP contribution is -2.38. The first-order valence-electron chi connectivity index (χ1n) is 10.6. The quantitative estimate of drug-likeness (QED) is 0.381. The van der Waals surface area contributed by atoms with Crippen LogP contribution < -0.4 is 16.0 Å². The SMILES string of the molecule is C=C/C(C)=C(\C=C(/C)NC(=O)NC(=O)/C=C/COC)NC(=O)c1ccc(-c2ccccc2)cc1. The van der Waals surface area contributed by atoms with Crippen molar-refractivity contribution < 1.29 is 19.1 Å². The van der Waals surface area contributed by atoms with Crippen molar-refractivity contribution in [3.63, 3.8) is 0 Å². The maximum atomic E-state index is 12.8.